The van der Waals surface area contributed by atoms with E-state index in [-0.39, 0.29) is 0 Å². The minimum absolute atomic E-state index is 0.378. The van der Waals surface area contributed by atoms with E-state index < -0.39 is 5.41 Å². The van der Waals surface area contributed by atoms with E-state index in [1.807, 2.05) is 12.1 Å². The van der Waals surface area contributed by atoms with E-state index in [0.29, 0.717) is 52.9 Å². The maximum Gasteiger partial charge on any atom is 0.127 e. The van der Waals surface area contributed by atoms with E-state index in [1.54, 1.807) is 0 Å². The number of hydrogen-bond acceptors (Lipinski definition) is 6. The van der Waals surface area contributed by atoms with Crippen LogP contribution in [0.5, 0.6) is 11.5 Å². The van der Waals surface area contributed by atoms with Crippen molar-refractivity contribution in [3.63, 3.8) is 0 Å². The molecule has 55 heavy (non-hydrogen) atoms. The Hall–Kier alpha value is -6.08. The number of rotatable bonds is 20. The highest BCUT2D eigenvalue weighted by atomic mass is 16.5. The summed E-state index contributed by atoms with van der Waals surface area (Å²) in [5.41, 5.74) is 10.5. The summed E-state index contributed by atoms with van der Waals surface area (Å²) in [6.45, 7) is 10.6. The average molecular weight is 731 g/mol. The SMILES string of the molecule is C=COCCOCCOc1cc(C2(c3ccc(-c4ccccc4)c(OCCOCCOC=C)c3)c3ccccc3-c3ccccc32)ccc1-c1ccccc1. The molecular formula is C49H46O6. The van der Waals surface area contributed by atoms with E-state index in [4.69, 9.17) is 28.4 Å². The lowest BCUT2D eigenvalue weighted by molar-refractivity contribution is 0.0654. The standard InChI is InChI=1S/C49H46O6/c1-3-50-27-29-52-31-33-54-47-35-39(23-25-41(47)37-15-7-5-8-16-37)49(45-21-13-11-19-43(45)44-20-12-14-22-46(44)49)40-24-26-42(38-17-9-6-10-18-38)48(36-40)55-34-32-53-30-28-51-4-2/h3-26,35-36H,1-2,27-34H2. The van der Waals surface area contributed by atoms with E-state index in [0.717, 1.165) is 44.9 Å². The Morgan fingerprint density at radius 2 is 0.800 bits per heavy atom. The van der Waals surface area contributed by atoms with Gasteiger partial charge in [0.05, 0.1) is 44.4 Å². The van der Waals surface area contributed by atoms with Crippen LogP contribution in [0.2, 0.25) is 0 Å². The van der Waals surface area contributed by atoms with Gasteiger partial charge in [-0.2, -0.15) is 0 Å². The van der Waals surface area contributed by atoms with Gasteiger partial charge in [-0.15, -0.1) is 0 Å². The van der Waals surface area contributed by atoms with Crippen LogP contribution < -0.4 is 9.47 Å². The summed E-state index contributed by atoms with van der Waals surface area (Å²) in [5.74, 6) is 1.57. The molecule has 6 heteroatoms. The fourth-order valence-corrected chi connectivity index (χ4v) is 7.49. The number of fused-ring (bicyclic) bond motifs is 3. The van der Waals surface area contributed by atoms with Crippen molar-refractivity contribution >= 4 is 0 Å². The number of hydrogen-bond donors (Lipinski definition) is 0. The zero-order valence-corrected chi connectivity index (χ0v) is 31.0. The van der Waals surface area contributed by atoms with E-state index in [9.17, 15) is 0 Å². The molecule has 6 nitrogen and oxygen atoms in total. The molecule has 0 radical (unpaired) electrons. The van der Waals surface area contributed by atoms with Crippen LogP contribution in [0.25, 0.3) is 33.4 Å². The van der Waals surface area contributed by atoms with Gasteiger partial charge in [-0.25, -0.2) is 0 Å². The molecule has 6 aromatic carbocycles. The van der Waals surface area contributed by atoms with Crippen LogP contribution >= 0.6 is 0 Å². The molecule has 0 spiro atoms. The number of benzene rings is 6. The summed E-state index contributed by atoms with van der Waals surface area (Å²) in [5, 5.41) is 0. The quantitative estimate of drug-likeness (QED) is 0.0575. The molecule has 0 unspecified atom stereocenters. The molecule has 278 valence electrons. The zero-order valence-electron chi connectivity index (χ0n) is 31.0. The van der Waals surface area contributed by atoms with Crippen molar-refractivity contribution < 1.29 is 28.4 Å². The van der Waals surface area contributed by atoms with Crippen molar-refractivity contribution in [1.82, 2.24) is 0 Å². The second-order valence-electron chi connectivity index (χ2n) is 13.0. The smallest absolute Gasteiger partial charge is 0.127 e. The Balaban J connectivity index is 1.36. The predicted molar refractivity (Wildman–Crippen MR) is 220 cm³/mol. The van der Waals surface area contributed by atoms with E-state index in [2.05, 4.69) is 147 Å². The van der Waals surface area contributed by atoms with Crippen molar-refractivity contribution in [2.45, 2.75) is 5.41 Å². The molecule has 0 fully saturated rings. The highest BCUT2D eigenvalue weighted by Crippen LogP contribution is 2.57. The first-order valence-corrected chi connectivity index (χ1v) is 18.7. The monoisotopic (exact) mass is 730 g/mol. The third-order valence-electron chi connectivity index (χ3n) is 9.85. The molecule has 0 aromatic heterocycles. The first-order valence-electron chi connectivity index (χ1n) is 18.7. The Morgan fingerprint density at radius 1 is 0.400 bits per heavy atom. The normalized spacial score (nSPS) is 12.3. The number of ether oxygens (including phenoxy) is 6. The molecule has 0 aliphatic heterocycles. The first-order chi connectivity index (χ1) is 27.3. The molecule has 1 aliphatic carbocycles. The van der Waals surface area contributed by atoms with Gasteiger partial charge in [0, 0.05) is 11.1 Å². The van der Waals surface area contributed by atoms with Gasteiger partial charge in [0.2, 0.25) is 0 Å². The van der Waals surface area contributed by atoms with Crippen molar-refractivity contribution in [3.8, 4) is 44.9 Å². The first kappa shape index (κ1) is 37.2. The summed E-state index contributed by atoms with van der Waals surface area (Å²) in [4.78, 5) is 0. The fraction of sp³-hybridized carbons (Fsp3) is 0.184. The van der Waals surface area contributed by atoms with Gasteiger partial charge in [-0.1, -0.05) is 147 Å². The topological polar surface area (TPSA) is 55.4 Å². The van der Waals surface area contributed by atoms with Gasteiger partial charge in [0.25, 0.3) is 0 Å². The van der Waals surface area contributed by atoms with Crippen molar-refractivity contribution in [1.29, 1.82) is 0 Å². The maximum absolute atomic E-state index is 6.62. The molecular weight excluding hydrogens is 685 g/mol. The van der Waals surface area contributed by atoms with Gasteiger partial charge in [-0.3, -0.25) is 0 Å². The molecule has 7 rings (SSSR count). The van der Waals surface area contributed by atoms with E-state index >= 15 is 0 Å². The molecule has 0 saturated heterocycles. The summed E-state index contributed by atoms with van der Waals surface area (Å²) >= 11 is 0. The van der Waals surface area contributed by atoms with Crippen LogP contribution in [0, 0.1) is 0 Å². The lowest BCUT2D eigenvalue weighted by Gasteiger charge is -2.35. The van der Waals surface area contributed by atoms with Gasteiger partial charge in [-0.05, 0) is 56.6 Å². The lowest BCUT2D eigenvalue weighted by Crippen LogP contribution is -2.29. The zero-order chi connectivity index (χ0) is 37.7. The summed E-state index contributed by atoms with van der Waals surface area (Å²) in [6.07, 6.45) is 2.85. The van der Waals surface area contributed by atoms with Gasteiger partial charge in [0.1, 0.15) is 37.9 Å². The minimum Gasteiger partial charge on any atom is -0.499 e. The van der Waals surface area contributed by atoms with Gasteiger partial charge < -0.3 is 28.4 Å². The molecule has 0 heterocycles. The average Bonchev–Trinajstić information content (AvgIpc) is 3.54. The molecule has 0 saturated carbocycles. The molecule has 0 atom stereocenters. The maximum atomic E-state index is 6.62. The van der Waals surface area contributed by atoms with Crippen LogP contribution in [-0.4, -0.2) is 52.9 Å². The highest BCUT2D eigenvalue weighted by molar-refractivity contribution is 5.87. The van der Waals surface area contributed by atoms with Gasteiger partial charge in [0.15, 0.2) is 0 Å². The molecule has 6 aromatic rings. The third kappa shape index (κ3) is 8.07. The van der Waals surface area contributed by atoms with Crippen LogP contribution in [0.1, 0.15) is 22.3 Å². The largest absolute Gasteiger partial charge is 0.499 e. The summed E-state index contributed by atoms with van der Waals surface area (Å²) < 4.78 is 35.3. The van der Waals surface area contributed by atoms with Crippen LogP contribution in [0.4, 0.5) is 0 Å². The third-order valence-corrected chi connectivity index (χ3v) is 9.85. The molecule has 0 bridgehead atoms. The second kappa shape index (κ2) is 18.3. The van der Waals surface area contributed by atoms with Crippen LogP contribution in [-0.2, 0) is 24.4 Å². The van der Waals surface area contributed by atoms with Crippen LogP contribution in [0.15, 0.2) is 171 Å². The Labute approximate surface area is 324 Å². The highest BCUT2D eigenvalue weighted by Gasteiger charge is 2.46. The van der Waals surface area contributed by atoms with Crippen molar-refractivity contribution in [2.75, 3.05) is 52.9 Å². The minimum atomic E-state index is -0.690. The molecule has 0 N–H and O–H groups in total. The Morgan fingerprint density at radius 3 is 1.24 bits per heavy atom. The van der Waals surface area contributed by atoms with E-state index in [1.165, 1.54) is 34.8 Å². The van der Waals surface area contributed by atoms with Crippen molar-refractivity contribution in [2.24, 2.45) is 0 Å². The van der Waals surface area contributed by atoms with Crippen molar-refractivity contribution in [3.05, 3.63) is 194 Å². The molecule has 0 amide bonds. The van der Waals surface area contributed by atoms with Crippen LogP contribution in [0.3, 0.4) is 0 Å². The lowest BCUT2D eigenvalue weighted by atomic mass is 9.67. The summed E-state index contributed by atoms with van der Waals surface area (Å²) in [6, 6.07) is 51.5. The predicted octanol–water partition coefficient (Wildman–Crippen LogP) is 10.5. The fourth-order valence-electron chi connectivity index (χ4n) is 7.49. The second-order valence-corrected chi connectivity index (χ2v) is 13.0. The summed E-state index contributed by atoms with van der Waals surface area (Å²) in [7, 11) is 0. The molecule has 1 aliphatic rings. The Kier molecular flexibility index (Phi) is 12.4. The van der Waals surface area contributed by atoms with Gasteiger partial charge >= 0.3 is 0 Å². The Bertz CT molecular complexity index is 2020.